The zero-order valence-electron chi connectivity index (χ0n) is 11.4. The molecule has 0 saturated carbocycles. The summed E-state index contributed by atoms with van der Waals surface area (Å²) < 4.78 is 2.61. The standard InChI is InChI=1S/C12H20N4O3/c1-13-10(9-11(18)14(2)12(13)19)16-5-3-15(4-6-16)7-8-17/h9,17H,3-8H2,1-2H3. The van der Waals surface area contributed by atoms with Crippen molar-refractivity contribution in [2.45, 2.75) is 0 Å². The van der Waals surface area contributed by atoms with Crippen LogP contribution in [0.4, 0.5) is 5.82 Å². The van der Waals surface area contributed by atoms with Gasteiger partial charge < -0.3 is 10.0 Å². The van der Waals surface area contributed by atoms with Crippen molar-refractivity contribution >= 4 is 5.82 Å². The summed E-state index contributed by atoms with van der Waals surface area (Å²) in [6, 6.07) is 1.50. The second kappa shape index (κ2) is 5.58. The molecule has 2 heterocycles. The molecule has 1 aromatic rings. The Kier molecular flexibility index (Phi) is 4.06. The van der Waals surface area contributed by atoms with E-state index in [2.05, 4.69) is 4.90 Å². The molecule has 0 atom stereocenters. The molecule has 0 radical (unpaired) electrons. The van der Waals surface area contributed by atoms with Crippen LogP contribution >= 0.6 is 0 Å². The molecule has 0 unspecified atom stereocenters. The average molecular weight is 268 g/mol. The maximum atomic E-state index is 11.9. The van der Waals surface area contributed by atoms with Gasteiger partial charge >= 0.3 is 5.69 Å². The van der Waals surface area contributed by atoms with Crippen LogP contribution in [-0.4, -0.2) is 58.5 Å². The Morgan fingerprint density at radius 3 is 2.32 bits per heavy atom. The zero-order chi connectivity index (χ0) is 14.0. The number of aromatic nitrogens is 2. The Bertz CT molecular complexity index is 555. The van der Waals surface area contributed by atoms with E-state index in [1.54, 1.807) is 7.05 Å². The minimum absolute atomic E-state index is 0.157. The lowest BCUT2D eigenvalue weighted by atomic mass is 10.3. The van der Waals surface area contributed by atoms with Crippen molar-refractivity contribution in [3.63, 3.8) is 0 Å². The quantitative estimate of drug-likeness (QED) is 0.700. The number of hydrogen-bond acceptors (Lipinski definition) is 5. The molecule has 1 aliphatic heterocycles. The number of hydrogen-bond donors (Lipinski definition) is 1. The van der Waals surface area contributed by atoms with Crippen molar-refractivity contribution in [3.8, 4) is 0 Å². The molecule has 1 saturated heterocycles. The molecule has 7 nitrogen and oxygen atoms in total. The summed E-state index contributed by atoms with van der Waals surface area (Å²) in [6.45, 7) is 3.97. The minimum atomic E-state index is -0.305. The lowest BCUT2D eigenvalue weighted by molar-refractivity contribution is 0.188. The number of rotatable bonds is 3. The molecule has 7 heteroatoms. The van der Waals surface area contributed by atoms with Crippen molar-refractivity contribution in [2.24, 2.45) is 14.1 Å². The first kappa shape index (κ1) is 13.8. The zero-order valence-corrected chi connectivity index (χ0v) is 11.4. The number of aliphatic hydroxyl groups excluding tert-OH is 1. The summed E-state index contributed by atoms with van der Waals surface area (Å²) in [5.41, 5.74) is -0.587. The van der Waals surface area contributed by atoms with E-state index in [0.717, 1.165) is 30.7 Å². The van der Waals surface area contributed by atoms with E-state index in [1.165, 1.54) is 17.7 Å². The highest BCUT2D eigenvalue weighted by Gasteiger charge is 2.19. The molecule has 0 spiro atoms. The van der Waals surface area contributed by atoms with Crippen LogP contribution in [0.5, 0.6) is 0 Å². The highest BCUT2D eigenvalue weighted by Crippen LogP contribution is 2.11. The van der Waals surface area contributed by atoms with Crippen LogP contribution in [0.15, 0.2) is 15.7 Å². The lowest BCUT2D eigenvalue weighted by Gasteiger charge is -2.36. The van der Waals surface area contributed by atoms with Gasteiger partial charge in [0.2, 0.25) is 0 Å². The molecule has 19 heavy (non-hydrogen) atoms. The second-order valence-corrected chi connectivity index (χ2v) is 4.79. The van der Waals surface area contributed by atoms with Gasteiger partial charge in [-0.1, -0.05) is 0 Å². The molecule has 0 aliphatic carbocycles. The molecular formula is C12H20N4O3. The van der Waals surface area contributed by atoms with Crippen LogP contribution < -0.4 is 16.1 Å². The van der Waals surface area contributed by atoms with E-state index in [1.807, 2.05) is 4.90 Å². The third-order valence-corrected chi connectivity index (χ3v) is 3.61. The number of piperazine rings is 1. The van der Waals surface area contributed by atoms with Gasteiger partial charge in [0.05, 0.1) is 6.61 Å². The maximum absolute atomic E-state index is 11.9. The first-order chi connectivity index (χ1) is 9.04. The highest BCUT2D eigenvalue weighted by atomic mass is 16.3. The molecule has 0 bridgehead atoms. The minimum Gasteiger partial charge on any atom is -0.395 e. The number of nitrogens with zero attached hydrogens (tertiary/aromatic N) is 4. The van der Waals surface area contributed by atoms with Gasteiger partial charge in [0.25, 0.3) is 5.56 Å². The van der Waals surface area contributed by atoms with Crippen molar-refractivity contribution < 1.29 is 5.11 Å². The second-order valence-electron chi connectivity index (χ2n) is 4.79. The third-order valence-electron chi connectivity index (χ3n) is 3.61. The van der Waals surface area contributed by atoms with E-state index in [9.17, 15) is 9.59 Å². The molecule has 2 rings (SSSR count). The fraction of sp³-hybridized carbons (Fsp3) is 0.667. The Balaban J connectivity index is 2.21. The van der Waals surface area contributed by atoms with Crippen LogP contribution in [0.2, 0.25) is 0 Å². The number of anilines is 1. The van der Waals surface area contributed by atoms with Crippen LogP contribution in [0.25, 0.3) is 0 Å². The van der Waals surface area contributed by atoms with Gasteiger partial charge in [-0.25, -0.2) is 4.79 Å². The van der Waals surface area contributed by atoms with Gasteiger partial charge in [-0.3, -0.25) is 18.8 Å². The van der Waals surface area contributed by atoms with Crippen LogP contribution in [0, 0.1) is 0 Å². The number of aliphatic hydroxyl groups is 1. The largest absolute Gasteiger partial charge is 0.395 e. The van der Waals surface area contributed by atoms with E-state index in [0.29, 0.717) is 12.4 Å². The Hall–Kier alpha value is -1.60. The van der Waals surface area contributed by atoms with Gasteiger partial charge in [0.15, 0.2) is 0 Å². The first-order valence-electron chi connectivity index (χ1n) is 6.40. The molecule has 1 fully saturated rings. The SMILES string of the molecule is Cn1c(N2CCN(CCO)CC2)cc(=O)n(C)c1=O. The predicted octanol–water partition coefficient (Wildman–Crippen LogP) is -1.80. The van der Waals surface area contributed by atoms with Crippen molar-refractivity contribution in [1.29, 1.82) is 0 Å². The van der Waals surface area contributed by atoms with Crippen molar-refractivity contribution in [1.82, 2.24) is 14.0 Å². The van der Waals surface area contributed by atoms with Gasteiger partial charge in [0, 0.05) is 52.9 Å². The number of β-amino-alcohol motifs (C(OH)–C–C–N with tert-alkyl or cyclic N) is 1. The summed E-state index contributed by atoms with van der Waals surface area (Å²) in [5.74, 6) is 0.664. The van der Waals surface area contributed by atoms with Gasteiger partial charge in [-0.05, 0) is 0 Å². The van der Waals surface area contributed by atoms with Gasteiger partial charge in [0.1, 0.15) is 5.82 Å². The Labute approximate surface area is 111 Å². The monoisotopic (exact) mass is 268 g/mol. The normalized spacial score (nSPS) is 16.9. The van der Waals surface area contributed by atoms with E-state index in [4.69, 9.17) is 5.11 Å². The Morgan fingerprint density at radius 1 is 1.11 bits per heavy atom. The molecular weight excluding hydrogens is 248 g/mol. The van der Waals surface area contributed by atoms with Crippen LogP contribution in [0.1, 0.15) is 0 Å². The predicted molar refractivity (Wildman–Crippen MR) is 72.7 cm³/mol. The van der Waals surface area contributed by atoms with E-state index < -0.39 is 0 Å². The van der Waals surface area contributed by atoms with Gasteiger partial charge in [-0.2, -0.15) is 0 Å². The summed E-state index contributed by atoms with van der Waals surface area (Å²) in [5, 5.41) is 8.90. The summed E-state index contributed by atoms with van der Waals surface area (Å²) >= 11 is 0. The fourth-order valence-electron chi connectivity index (χ4n) is 2.37. The van der Waals surface area contributed by atoms with Crippen molar-refractivity contribution in [2.75, 3.05) is 44.2 Å². The van der Waals surface area contributed by atoms with Gasteiger partial charge in [-0.15, -0.1) is 0 Å². The fourth-order valence-corrected chi connectivity index (χ4v) is 2.37. The van der Waals surface area contributed by atoms with E-state index in [-0.39, 0.29) is 17.9 Å². The first-order valence-corrected chi connectivity index (χ1v) is 6.40. The average Bonchev–Trinajstić information content (AvgIpc) is 2.42. The molecule has 106 valence electrons. The van der Waals surface area contributed by atoms with E-state index >= 15 is 0 Å². The molecule has 1 aromatic heterocycles. The van der Waals surface area contributed by atoms with Crippen LogP contribution in [-0.2, 0) is 14.1 Å². The maximum Gasteiger partial charge on any atom is 0.332 e. The molecule has 1 N–H and O–H groups in total. The lowest BCUT2D eigenvalue weighted by Crippen LogP contribution is -2.49. The molecule has 1 aliphatic rings. The Morgan fingerprint density at radius 2 is 1.74 bits per heavy atom. The summed E-state index contributed by atoms with van der Waals surface area (Å²) in [7, 11) is 3.16. The topological polar surface area (TPSA) is 70.7 Å². The smallest absolute Gasteiger partial charge is 0.332 e. The molecule has 0 aromatic carbocycles. The van der Waals surface area contributed by atoms with Crippen LogP contribution in [0.3, 0.4) is 0 Å². The summed E-state index contributed by atoms with van der Waals surface area (Å²) in [6.07, 6.45) is 0. The van der Waals surface area contributed by atoms with Crippen molar-refractivity contribution in [3.05, 3.63) is 26.9 Å². The summed E-state index contributed by atoms with van der Waals surface area (Å²) in [4.78, 5) is 27.8. The third kappa shape index (κ3) is 2.71. The highest BCUT2D eigenvalue weighted by molar-refractivity contribution is 5.38. The molecule has 0 amide bonds.